The van der Waals surface area contributed by atoms with E-state index >= 15 is 0 Å². The molecular formula is C21H22O4. The third-order valence-corrected chi connectivity index (χ3v) is 4.59. The molecule has 1 atom stereocenters. The standard InChI is InChI=1S/C21H22O4/c1-23-18-9-7-14(8-10-18)15-11-16(13-17(22)12-15)21-19(24-2)5-4-6-20(21)25-3/h4-10,13,15H,11-12H2,1-3H3/t15-/m1/s1. The molecule has 0 fully saturated rings. The summed E-state index contributed by atoms with van der Waals surface area (Å²) in [5, 5.41) is 0. The molecule has 0 heterocycles. The number of hydrogen-bond acceptors (Lipinski definition) is 4. The highest BCUT2D eigenvalue weighted by Gasteiger charge is 2.26. The molecule has 1 aliphatic carbocycles. The van der Waals surface area contributed by atoms with Crippen LogP contribution in [0.25, 0.3) is 5.57 Å². The van der Waals surface area contributed by atoms with Gasteiger partial charge in [0.2, 0.25) is 0 Å². The molecule has 25 heavy (non-hydrogen) atoms. The molecule has 0 bridgehead atoms. The van der Waals surface area contributed by atoms with Crippen LogP contribution in [-0.4, -0.2) is 27.1 Å². The fourth-order valence-corrected chi connectivity index (χ4v) is 3.35. The Morgan fingerprint density at radius 2 is 1.48 bits per heavy atom. The first kappa shape index (κ1) is 17.1. The van der Waals surface area contributed by atoms with Gasteiger partial charge in [-0.15, -0.1) is 0 Å². The highest BCUT2D eigenvalue weighted by molar-refractivity contribution is 6.00. The first-order valence-corrected chi connectivity index (χ1v) is 8.25. The minimum absolute atomic E-state index is 0.120. The predicted octanol–water partition coefficient (Wildman–Crippen LogP) is 4.24. The zero-order valence-corrected chi connectivity index (χ0v) is 14.7. The van der Waals surface area contributed by atoms with Gasteiger partial charge in [-0.2, -0.15) is 0 Å². The van der Waals surface area contributed by atoms with Crippen LogP contribution in [0.1, 0.15) is 29.9 Å². The summed E-state index contributed by atoms with van der Waals surface area (Å²) in [6.45, 7) is 0. The lowest BCUT2D eigenvalue weighted by atomic mass is 9.80. The molecule has 0 saturated carbocycles. The maximum absolute atomic E-state index is 12.4. The minimum atomic E-state index is 0.120. The van der Waals surface area contributed by atoms with Crippen molar-refractivity contribution in [1.29, 1.82) is 0 Å². The molecule has 0 radical (unpaired) electrons. The molecule has 0 unspecified atom stereocenters. The first-order chi connectivity index (χ1) is 12.2. The quantitative estimate of drug-likeness (QED) is 0.818. The van der Waals surface area contributed by atoms with Crippen LogP contribution in [0.4, 0.5) is 0 Å². The lowest BCUT2D eigenvalue weighted by Gasteiger charge is -2.25. The van der Waals surface area contributed by atoms with Crippen molar-refractivity contribution in [1.82, 2.24) is 0 Å². The number of ketones is 1. The summed E-state index contributed by atoms with van der Waals surface area (Å²) in [6.07, 6.45) is 2.99. The molecule has 0 saturated heterocycles. The second-order valence-corrected chi connectivity index (χ2v) is 6.05. The number of methoxy groups -OCH3 is 3. The number of allylic oxidation sites excluding steroid dienone is 2. The van der Waals surface area contributed by atoms with Crippen molar-refractivity contribution in [3.05, 3.63) is 59.7 Å². The molecular weight excluding hydrogens is 316 g/mol. The monoisotopic (exact) mass is 338 g/mol. The van der Waals surface area contributed by atoms with E-state index < -0.39 is 0 Å². The van der Waals surface area contributed by atoms with Crippen molar-refractivity contribution < 1.29 is 19.0 Å². The summed E-state index contributed by atoms with van der Waals surface area (Å²) in [5.41, 5.74) is 2.94. The smallest absolute Gasteiger partial charge is 0.156 e. The van der Waals surface area contributed by atoms with Gasteiger partial charge in [-0.05, 0) is 53.8 Å². The zero-order valence-electron chi connectivity index (χ0n) is 14.7. The average molecular weight is 338 g/mol. The Morgan fingerprint density at radius 1 is 0.840 bits per heavy atom. The number of carbonyl (C=O) groups excluding carboxylic acids is 1. The van der Waals surface area contributed by atoms with Crippen LogP contribution in [0.2, 0.25) is 0 Å². The summed E-state index contributed by atoms with van der Waals surface area (Å²) in [6, 6.07) is 13.6. The molecule has 4 heteroatoms. The molecule has 0 amide bonds. The van der Waals surface area contributed by atoms with Crippen LogP contribution >= 0.6 is 0 Å². The van der Waals surface area contributed by atoms with Gasteiger partial charge in [0, 0.05) is 6.42 Å². The molecule has 2 aromatic rings. The van der Waals surface area contributed by atoms with Gasteiger partial charge in [0.05, 0.1) is 26.9 Å². The van der Waals surface area contributed by atoms with Gasteiger partial charge in [0.15, 0.2) is 5.78 Å². The van der Waals surface area contributed by atoms with E-state index in [0.29, 0.717) is 17.9 Å². The lowest BCUT2D eigenvalue weighted by molar-refractivity contribution is -0.115. The van der Waals surface area contributed by atoms with Crippen molar-refractivity contribution in [3.63, 3.8) is 0 Å². The van der Waals surface area contributed by atoms with Gasteiger partial charge in [0.1, 0.15) is 17.2 Å². The van der Waals surface area contributed by atoms with Crippen LogP contribution in [0.15, 0.2) is 48.5 Å². The van der Waals surface area contributed by atoms with Crippen molar-refractivity contribution >= 4 is 11.4 Å². The van der Waals surface area contributed by atoms with Gasteiger partial charge >= 0.3 is 0 Å². The zero-order chi connectivity index (χ0) is 17.8. The highest BCUT2D eigenvalue weighted by atomic mass is 16.5. The molecule has 0 aliphatic heterocycles. The third kappa shape index (κ3) is 3.53. The van der Waals surface area contributed by atoms with E-state index in [1.807, 2.05) is 42.5 Å². The largest absolute Gasteiger partial charge is 0.497 e. The second kappa shape index (κ2) is 7.43. The summed E-state index contributed by atoms with van der Waals surface area (Å²) in [7, 11) is 4.91. The summed E-state index contributed by atoms with van der Waals surface area (Å²) in [5.74, 6) is 2.50. The molecule has 0 spiro atoms. The van der Waals surface area contributed by atoms with Crippen LogP contribution in [-0.2, 0) is 4.79 Å². The van der Waals surface area contributed by atoms with E-state index in [9.17, 15) is 4.79 Å². The van der Waals surface area contributed by atoms with Crippen molar-refractivity contribution in [2.75, 3.05) is 21.3 Å². The normalized spacial score (nSPS) is 17.0. The van der Waals surface area contributed by atoms with Crippen LogP contribution in [0, 0.1) is 0 Å². The van der Waals surface area contributed by atoms with Gasteiger partial charge in [-0.3, -0.25) is 4.79 Å². The molecule has 4 nitrogen and oxygen atoms in total. The van der Waals surface area contributed by atoms with E-state index in [2.05, 4.69) is 0 Å². The Hall–Kier alpha value is -2.75. The molecule has 3 rings (SSSR count). The SMILES string of the molecule is COc1ccc([C@H]2CC(=O)C=C(c3c(OC)cccc3OC)C2)cc1. The number of ether oxygens (including phenoxy) is 3. The first-order valence-electron chi connectivity index (χ1n) is 8.25. The third-order valence-electron chi connectivity index (χ3n) is 4.59. The van der Waals surface area contributed by atoms with E-state index in [-0.39, 0.29) is 11.7 Å². The summed E-state index contributed by atoms with van der Waals surface area (Å²) in [4.78, 5) is 12.4. The Bertz CT molecular complexity index is 768. The van der Waals surface area contributed by atoms with Gasteiger partial charge < -0.3 is 14.2 Å². The Labute approximate surface area is 148 Å². The fraction of sp³-hybridized carbons (Fsp3) is 0.286. The molecule has 0 aromatic heterocycles. The Morgan fingerprint density at radius 3 is 2.04 bits per heavy atom. The molecule has 0 N–H and O–H groups in total. The van der Waals surface area contributed by atoms with Gasteiger partial charge in [-0.25, -0.2) is 0 Å². The molecule has 1 aliphatic rings. The Kier molecular flexibility index (Phi) is 5.08. The Balaban J connectivity index is 1.97. The van der Waals surface area contributed by atoms with Crippen molar-refractivity contribution in [2.24, 2.45) is 0 Å². The summed E-state index contributed by atoms with van der Waals surface area (Å²) < 4.78 is 16.2. The van der Waals surface area contributed by atoms with Crippen LogP contribution < -0.4 is 14.2 Å². The lowest BCUT2D eigenvalue weighted by Crippen LogP contribution is -2.13. The van der Waals surface area contributed by atoms with E-state index in [0.717, 1.165) is 28.9 Å². The number of rotatable bonds is 5. The minimum Gasteiger partial charge on any atom is -0.497 e. The number of carbonyl (C=O) groups is 1. The maximum Gasteiger partial charge on any atom is 0.156 e. The number of benzene rings is 2. The average Bonchev–Trinajstić information content (AvgIpc) is 2.66. The predicted molar refractivity (Wildman–Crippen MR) is 97.5 cm³/mol. The van der Waals surface area contributed by atoms with Crippen LogP contribution in [0.5, 0.6) is 17.2 Å². The second-order valence-electron chi connectivity index (χ2n) is 6.05. The van der Waals surface area contributed by atoms with E-state index in [1.165, 1.54) is 0 Å². The van der Waals surface area contributed by atoms with Crippen LogP contribution in [0.3, 0.4) is 0 Å². The number of hydrogen-bond donors (Lipinski definition) is 0. The maximum atomic E-state index is 12.4. The topological polar surface area (TPSA) is 44.8 Å². The summed E-state index contributed by atoms with van der Waals surface area (Å²) >= 11 is 0. The van der Waals surface area contributed by atoms with E-state index in [1.54, 1.807) is 27.4 Å². The van der Waals surface area contributed by atoms with Crippen molar-refractivity contribution in [3.8, 4) is 17.2 Å². The van der Waals surface area contributed by atoms with E-state index in [4.69, 9.17) is 14.2 Å². The van der Waals surface area contributed by atoms with Gasteiger partial charge in [0.25, 0.3) is 0 Å². The van der Waals surface area contributed by atoms with Gasteiger partial charge in [-0.1, -0.05) is 18.2 Å². The molecule has 130 valence electrons. The van der Waals surface area contributed by atoms with Crippen molar-refractivity contribution in [2.45, 2.75) is 18.8 Å². The fourth-order valence-electron chi connectivity index (χ4n) is 3.35. The highest BCUT2D eigenvalue weighted by Crippen LogP contribution is 2.43. The molecule has 2 aromatic carbocycles.